The van der Waals surface area contributed by atoms with Gasteiger partial charge in [-0.05, 0) is 19.8 Å². The molecule has 0 heterocycles. The minimum Gasteiger partial charge on any atom is -0.328 e. The summed E-state index contributed by atoms with van der Waals surface area (Å²) in [5.74, 6) is -1.23. The van der Waals surface area contributed by atoms with Crippen LogP contribution in [0.1, 0.15) is 26.7 Å². The molecule has 1 nitrogen and oxygen atoms in total. The third kappa shape index (κ3) is 4.24. The van der Waals surface area contributed by atoms with Crippen molar-refractivity contribution < 1.29 is 13.2 Å². The fourth-order valence-electron chi connectivity index (χ4n) is 0.981. The Balaban J connectivity index is 3.96. The average Bonchev–Trinajstić information content (AvgIpc) is 1.79. The predicted molar refractivity (Wildman–Crippen MR) is 38.1 cm³/mol. The van der Waals surface area contributed by atoms with Crippen molar-refractivity contribution in [1.82, 2.24) is 0 Å². The molecule has 0 aliphatic heterocycles. The largest absolute Gasteiger partial charge is 0.391 e. The number of hydrogen-bond donors (Lipinski definition) is 1. The van der Waals surface area contributed by atoms with Crippen LogP contribution in [0, 0.1) is 5.92 Å². The first-order valence-electron chi connectivity index (χ1n) is 3.70. The van der Waals surface area contributed by atoms with E-state index in [0.29, 0.717) is 0 Å². The number of rotatable bonds is 3. The smallest absolute Gasteiger partial charge is 0.328 e. The molecular formula is C7H14F3N. The van der Waals surface area contributed by atoms with Crippen LogP contribution in [0.15, 0.2) is 0 Å². The van der Waals surface area contributed by atoms with Crippen molar-refractivity contribution in [2.75, 3.05) is 0 Å². The Morgan fingerprint density at radius 1 is 1.36 bits per heavy atom. The lowest BCUT2D eigenvalue weighted by Crippen LogP contribution is -2.29. The number of halogens is 3. The number of alkyl halides is 3. The van der Waals surface area contributed by atoms with Gasteiger partial charge >= 0.3 is 6.18 Å². The minimum absolute atomic E-state index is 0.0278. The Kier molecular flexibility index (Phi) is 3.86. The molecule has 0 saturated carbocycles. The van der Waals surface area contributed by atoms with E-state index in [9.17, 15) is 13.2 Å². The molecule has 0 aromatic rings. The van der Waals surface area contributed by atoms with Crippen molar-refractivity contribution >= 4 is 0 Å². The molecule has 0 saturated heterocycles. The van der Waals surface area contributed by atoms with Crippen LogP contribution in [-0.2, 0) is 0 Å². The zero-order valence-electron chi connectivity index (χ0n) is 6.78. The predicted octanol–water partition coefficient (Wildman–Crippen LogP) is 2.31. The molecule has 0 spiro atoms. The van der Waals surface area contributed by atoms with Gasteiger partial charge in [0.2, 0.25) is 0 Å². The van der Waals surface area contributed by atoms with Crippen LogP contribution >= 0.6 is 0 Å². The lowest BCUT2D eigenvalue weighted by atomic mass is 9.98. The van der Waals surface area contributed by atoms with Crippen LogP contribution in [0.4, 0.5) is 13.2 Å². The van der Waals surface area contributed by atoms with E-state index in [4.69, 9.17) is 5.73 Å². The monoisotopic (exact) mass is 169 g/mol. The lowest BCUT2D eigenvalue weighted by molar-refractivity contribution is -0.177. The van der Waals surface area contributed by atoms with Crippen molar-refractivity contribution in [3.05, 3.63) is 0 Å². The first-order chi connectivity index (χ1) is 4.88. The van der Waals surface area contributed by atoms with Crippen molar-refractivity contribution in [3.8, 4) is 0 Å². The maximum absolute atomic E-state index is 12.0. The molecule has 0 aliphatic carbocycles. The van der Waals surface area contributed by atoms with E-state index in [1.54, 1.807) is 6.92 Å². The average molecular weight is 169 g/mol. The summed E-state index contributed by atoms with van der Waals surface area (Å²) in [5, 5.41) is 0. The Morgan fingerprint density at radius 2 is 1.82 bits per heavy atom. The fourth-order valence-corrected chi connectivity index (χ4v) is 0.981. The van der Waals surface area contributed by atoms with Gasteiger partial charge in [0.05, 0.1) is 5.92 Å². The van der Waals surface area contributed by atoms with E-state index in [1.165, 1.54) is 6.92 Å². The Labute approximate surface area is 64.8 Å². The SMILES string of the molecule is CCC(CC(C)N)C(F)(F)F. The van der Waals surface area contributed by atoms with Crippen LogP contribution in [0.25, 0.3) is 0 Å². The zero-order valence-corrected chi connectivity index (χ0v) is 6.78. The highest BCUT2D eigenvalue weighted by Gasteiger charge is 2.38. The van der Waals surface area contributed by atoms with Crippen LogP contribution in [-0.4, -0.2) is 12.2 Å². The number of nitrogens with two attached hydrogens (primary N) is 1. The van der Waals surface area contributed by atoms with Gasteiger partial charge in [0.25, 0.3) is 0 Å². The summed E-state index contributed by atoms with van der Waals surface area (Å²) in [6.07, 6.45) is -3.94. The molecule has 68 valence electrons. The van der Waals surface area contributed by atoms with Gasteiger partial charge in [-0.15, -0.1) is 0 Å². The van der Waals surface area contributed by atoms with E-state index in [-0.39, 0.29) is 18.9 Å². The second-order valence-electron chi connectivity index (χ2n) is 2.86. The van der Waals surface area contributed by atoms with Crippen molar-refractivity contribution in [2.45, 2.75) is 38.9 Å². The molecule has 0 aromatic carbocycles. The first kappa shape index (κ1) is 10.8. The van der Waals surface area contributed by atoms with Crippen molar-refractivity contribution in [1.29, 1.82) is 0 Å². The number of hydrogen-bond acceptors (Lipinski definition) is 1. The molecule has 0 fully saturated rings. The molecule has 4 heteroatoms. The quantitative estimate of drug-likeness (QED) is 0.689. The molecular weight excluding hydrogens is 155 g/mol. The Bertz CT molecular complexity index is 109. The van der Waals surface area contributed by atoms with Gasteiger partial charge in [-0.1, -0.05) is 6.92 Å². The van der Waals surface area contributed by atoms with Gasteiger partial charge in [0.1, 0.15) is 0 Å². The summed E-state index contributed by atoms with van der Waals surface area (Å²) in [6.45, 7) is 3.12. The van der Waals surface area contributed by atoms with Gasteiger partial charge in [-0.2, -0.15) is 13.2 Å². The summed E-state index contributed by atoms with van der Waals surface area (Å²) >= 11 is 0. The fraction of sp³-hybridized carbons (Fsp3) is 1.00. The van der Waals surface area contributed by atoms with E-state index >= 15 is 0 Å². The molecule has 0 bridgehead atoms. The third-order valence-corrected chi connectivity index (χ3v) is 1.61. The second-order valence-corrected chi connectivity index (χ2v) is 2.86. The van der Waals surface area contributed by atoms with Crippen LogP contribution in [0.5, 0.6) is 0 Å². The molecule has 0 rings (SSSR count). The molecule has 2 N–H and O–H groups in total. The summed E-state index contributed by atoms with van der Waals surface area (Å²) in [6, 6.07) is -0.374. The topological polar surface area (TPSA) is 26.0 Å². The lowest BCUT2D eigenvalue weighted by Gasteiger charge is -2.19. The molecule has 0 amide bonds. The Hall–Kier alpha value is -0.250. The molecule has 0 aliphatic rings. The van der Waals surface area contributed by atoms with Crippen LogP contribution < -0.4 is 5.73 Å². The van der Waals surface area contributed by atoms with Gasteiger partial charge in [0.15, 0.2) is 0 Å². The van der Waals surface area contributed by atoms with E-state index in [0.717, 1.165) is 0 Å². The van der Waals surface area contributed by atoms with Crippen LogP contribution in [0.2, 0.25) is 0 Å². The maximum atomic E-state index is 12.0. The van der Waals surface area contributed by atoms with Crippen LogP contribution in [0.3, 0.4) is 0 Å². The third-order valence-electron chi connectivity index (χ3n) is 1.61. The van der Waals surface area contributed by atoms with Gasteiger partial charge in [0, 0.05) is 6.04 Å². The standard InChI is InChI=1S/C7H14F3N/c1-3-6(4-5(2)11)7(8,9)10/h5-6H,3-4,11H2,1-2H3. The summed E-state index contributed by atoms with van der Waals surface area (Å²) in [4.78, 5) is 0. The highest BCUT2D eigenvalue weighted by Crippen LogP contribution is 2.31. The minimum atomic E-state index is -4.08. The van der Waals surface area contributed by atoms with Gasteiger partial charge in [-0.25, -0.2) is 0 Å². The summed E-state index contributed by atoms with van der Waals surface area (Å²) in [7, 11) is 0. The first-order valence-corrected chi connectivity index (χ1v) is 3.70. The highest BCUT2D eigenvalue weighted by molar-refractivity contribution is 4.70. The molecule has 0 radical (unpaired) electrons. The van der Waals surface area contributed by atoms with E-state index < -0.39 is 12.1 Å². The summed E-state index contributed by atoms with van der Waals surface area (Å²) < 4.78 is 36.1. The normalized spacial score (nSPS) is 18.0. The molecule has 0 aromatic heterocycles. The van der Waals surface area contributed by atoms with E-state index in [2.05, 4.69) is 0 Å². The van der Waals surface area contributed by atoms with Gasteiger partial charge in [-0.3, -0.25) is 0 Å². The zero-order chi connectivity index (χ0) is 9.07. The van der Waals surface area contributed by atoms with Crippen molar-refractivity contribution in [3.63, 3.8) is 0 Å². The molecule has 11 heavy (non-hydrogen) atoms. The maximum Gasteiger partial charge on any atom is 0.391 e. The van der Waals surface area contributed by atoms with Gasteiger partial charge < -0.3 is 5.73 Å². The van der Waals surface area contributed by atoms with Crippen molar-refractivity contribution in [2.24, 2.45) is 11.7 Å². The van der Waals surface area contributed by atoms with E-state index in [1.807, 2.05) is 0 Å². The second kappa shape index (κ2) is 3.95. The molecule has 2 unspecified atom stereocenters. The summed E-state index contributed by atoms with van der Waals surface area (Å²) in [5.41, 5.74) is 5.27. The highest BCUT2D eigenvalue weighted by atomic mass is 19.4. The Morgan fingerprint density at radius 3 is 1.91 bits per heavy atom. The molecule has 2 atom stereocenters.